The van der Waals surface area contributed by atoms with Crippen LogP contribution in [0.2, 0.25) is 0 Å². The summed E-state index contributed by atoms with van der Waals surface area (Å²) in [4.78, 5) is 11.8. The van der Waals surface area contributed by atoms with E-state index in [0.29, 0.717) is 5.56 Å². The monoisotopic (exact) mass is 273 g/mol. The quantitative estimate of drug-likeness (QED) is 0.516. The van der Waals surface area contributed by atoms with Crippen LogP contribution in [0.1, 0.15) is 38.1 Å². The highest BCUT2D eigenvalue weighted by atomic mass is 16.7. The van der Waals surface area contributed by atoms with Crippen LogP contribution < -0.4 is 11.2 Å². The third-order valence-electron chi connectivity index (χ3n) is 3.94. The van der Waals surface area contributed by atoms with Crippen LogP contribution in [0.3, 0.4) is 0 Å². The summed E-state index contributed by atoms with van der Waals surface area (Å²) < 4.78 is 11.9. The van der Waals surface area contributed by atoms with E-state index in [4.69, 9.17) is 15.0 Å². The number of rotatable bonds is 3. The molecule has 0 aromatic heterocycles. The van der Waals surface area contributed by atoms with Gasteiger partial charge in [-0.15, -0.1) is 0 Å². The van der Waals surface area contributed by atoms with Gasteiger partial charge in [0.2, 0.25) is 0 Å². The van der Waals surface area contributed by atoms with Crippen molar-refractivity contribution in [1.29, 1.82) is 0 Å². The summed E-state index contributed by atoms with van der Waals surface area (Å²) in [5.41, 5.74) is 5.86. The summed E-state index contributed by atoms with van der Waals surface area (Å²) in [6.07, 6.45) is 2.58. The van der Waals surface area contributed by atoms with Crippen LogP contribution in [-0.4, -0.2) is 24.1 Å². The van der Waals surface area contributed by atoms with Crippen molar-refractivity contribution in [2.45, 2.75) is 38.9 Å². The SMILES string of the molecule is CC1(C)OB(c2cccc(C(=O)C=CN)c2)OC1(C)C. The minimum atomic E-state index is -0.463. The normalized spacial score (nSPS) is 20.5. The summed E-state index contributed by atoms with van der Waals surface area (Å²) in [5.74, 6) is -0.133. The number of benzene rings is 1. The standard InChI is InChI=1S/C15H20BNO3/c1-14(2)15(3,4)20-16(19-14)12-7-5-6-11(10-12)13(18)8-9-17/h5-10H,17H2,1-4H3. The molecule has 2 N–H and O–H groups in total. The maximum absolute atomic E-state index is 11.8. The maximum atomic E-state index is 11.8. The highest BCUT2D eigenvalue weighted by Crippen LogP contribution is 2.36. The van der Waals surface area contributed by atoms with Crippen molar-refractivity contribution in [2.24, 2.45) is 5.73 Å². The fourth-order valence-corrected chi connectivity index (χ4v) is 2.00. The number of carbonyl (C=O) groups is 1. The average Bonchev–Trinajstić information content (AvgIpc) is 2.59. The first-order valence-corrected chi connectivity index (χ1v) is 6.65. The highest BCUT2D eigenvalue weighted by molar-refractivity contribution is 6.62. The molecule has 2 rings (SSSR count). The van der Waals surface area contributed by atoms with Crippen molar-refractivity contribution in [3.8, 4) is 0 Å². The van der Waals surface area contributed by atoms with Crippen molar-refractivity contribution in [3.05, 3.63) is 42.1 Å². The van der Waals surface area contributed by atoms with Crippen molar-refractivity contribution < 1.29 is 14.1 Å². The Labute approximate surface area is 120 Å². The van der Waals surface area contributed by atoms with Gasteiger partial charge in [0.05, 0.1) is 11.2 Å². The van der Waals surface area contributed by atoms with E-state index in [1.54, 1.807) is 12.1 Å². The molecule has 0 radical (unpaired) electrons. The molecule has 1 aromatic carbocycles. The van der Waals surface area contributed by atoms with Gasteiger partial charge in [-0.1, -0.05) is 24.3 Å². The Morgan fingerprint density at radius 3 is 2.35 bits per heavy atom. The van der Waals surface area contributed by atoms with Crippen LogP contribution in [0.25, 0.3) is 0 Å². The van der Waals surface area contributed by atoms with Gasteiger partial charge in [0.15, 0.2) is 5.78 Å². The van der Waals surface area contributed by atoms with Crippen LogP contribution >= 0.6 is 0 Å². The number of allylic oxidation sites excluding steroid dienone is 1. The second kappa shape index (κ2) is 5.07. The molecule has 5 heteroatoms. The summed E-state index contributed by atoms with van der Waals surface area (Å²) >= 11 is 0. The largest absolute Gasteiger partial charge is 0.494 e. The minimum absolute atomic E-state index is 0.133. The van der Waals surface area contributed by atoms with Gasteiger partial charge in [-0.2, -0.15) is 0 Å². The number of nitrogens with two attached hydrogens (primary N) is 1. The van der Waals surface area contributed by atoms with Gasteiger partial charge in [-0.3, -0.25) is 4.79 Å². The molecule has 1 aliphatic heterocycles. The van der Waals surface area contributed by atoms with Gasteiger partial charge in [0.1, 0.15) is 0 Å². The number of hydrogen-bond acceptors (Lipinski definition) is 4. The zero-order valence-corrected chi connectivity index (χ0v) is 12.3. The molecule has 1 fully saturated rings. The van der Waals surface area contributed by atoms with Crippen LogP contribution in [0.5, 0.6) is 0 Å². The Bertz CT molecular complexity index is 536. The Balaban J connectivity index is 2.28. The Morgan fingerprint density at radius 1 is 1.20 bits per heavy atom. The second-order valence-electron chi connectivity index (χ2n) is 5.94. The first kappa shape index (κ1) is 14.8. The van der Waals surface area contributed by atoms with E-state index in [0.717, 1.165) is 5.46 Å². The molecule has 0 amide bonds. The molecular weight excluding hydrogens is 253 g/mol. The molecule has 0 atom stereocenters. The molecule has 0 aliphatic carbocycles. The number of hydrogen-bond donors (Lipinski definition) is 1. The molecule has 20 heavy (non-hydrogen) atoms. The number of ketones is 1. The molecule has 0 spiro atoms. The Kier molecular flexibility index (Phi) is 3.76. The molecular formula is C15H20BNO3. The highest BCUT2D eigenvalue weighted by Gasteiger charge is 2.51. The smallest absolute Gasteiger partial charge is 0.404 e. The molecule has 1 saturated heterocycles. The van der Waals surface area contributed by atoms with Gasteiger partial charge in [0.25, 0.3) is 0 Å². The summed E-state index contributed by atoms with van der Waals surface area (Å²) in [6.45, 7) is 8.00. The first-order valence-electron chi connectivity index (χ1n) is 6.65. The lowest BCUT2D eigenvalue weighted by Crippen LogP contribution is -2.41. The Morgan fingerprint density at radius 2 is 1.80 bits per heavy atom. The first-order chi connectivity index (χ1) is 9.27. The summed E-state index contributed by atoms with van der Waals surface area (Å²) in [7, 11) is -0.463. The molecule has 0 saturated carbocycles. The molecule has 106 valence electrons. The molecule has 0 bridgehead atoms. The molecule has 1 aromatic rings. The van der Waals surface area contributed by atoms with Crippen LogP contribution in [0, 0.1) is 0 Å². The van der Waals surface area contributed by atoms with E-state index in [9.17, 15) is 4.79 Å². The van der Waals surface area contributed by atoms with Crippen molar-refractivity contribution in [2.75, 3.05) is 0 Å². The fraction of sp³-hybridized carbons (Fsp3) is 0.400. The van der Waals surface area contributed by atoms with Crippen molar-refractivity contribution in [3.63, 3.8) is 0 Å². The van der Waals surface area contributed by atoms with Crippen molar-refractivity contribution >= 4 is 18.4 Å². The predicted octanol–water partition coefficient (Wildman–Crippen LogP) is 1.64. The lowest BCUT2D eigenvalue weighted by Gasteiger charge is -2.32. The third kappa shape index (κ3) is 2.64. The fourth-order valence-electron chi connectivity index (χ4n) is 2.00. The van der Waals surface area contributed by atoms with Gasteiger partial charge in [-0.05, 0) is 39.4 Å². The van der Waals surface area contributed by atoms with E-state index in [2.05, 4.69) is 0 Å². The second-order valence-corrected chi connectivity index (χ2v) is 5.94. The topological polar surface area (TPSA) is 61.5 Å². The van der Waals surface area contributed by atoms with Crippen LogP contribution in [0.15, 0.2) is 36.5 Å². The summed E-state index contributed by atoms with van der Waals surface area (Å²) in [5, 5.41) is 0. The molecule has 1 heterocycles. The Hall–Kier alpha value is -1.59. The van der Waals surface area contributed by atoms with Gasteiger partial charge < -0.3 is 15.0 Å². The summed E-state index contributed by atoms with van der Waals surface area (Å²) in [6, 6.07) is 7.24. The zero-order valence-electron chi connectivity index (χ0n) is 12.3. The minimum Gasteiger partial charge on any atom is -0.404 e. The number of carbonyl (C=O) groups excluding carboxylic acids is 1. The molecule has 0 unspecified atom stereocenters. The van der Waals surface area contributed by atoms with E-state index in [-0.39, 0.29) is 5.78 Å². The maximum Gasteiger partial charge on any atom is 0.494 e. The van der Waals surface area contributed by atoms with Gasteiger partial charge in [0, 0.05) is 11.6 Å². The molecule has 1 aliphatic rings. The zero-order chi connectivity index (χ0) is 15.0. The van der Waals surface area contributed by atoms with E-state index < -0.39 is 18.3 Å². The van der Waals surface area contributed by atoms with Gasteiger partial charge >= 0.3 is 7.12 Å². The van der Waals surface area contributed by atoms with Crippen LogP contribution in [-0.2, 0) is 9.31 Å². The van der Waals surface area contributed by atoms with Gasteiger partial charge in [-0.25, -0.2) is 0 Å². The lowest BCUT2D eigenvalue weighted by molar-refractivity contribution is 0.00578. The lowest BCUT2D eigenvalue weighted by atomic mass is 9.78. The van der Waals surface area contributed by atoms with Crippen molar-refractivity contribution in [1.82, 2.24) is 0 Å². The van der Waals surface area contributed by atoms with Crippen LogP contribution in [0.4, 0.5) is 0 Å². The average molecular weight is 273 g/mol. The third-order valence-corrected chi connectivity index (χ3v) is 3.94. The molecule has 4 nitrogen and oxygen atoms in total. The van der Waals surface area contributed by atoms with E-state index in [1.165, 1.54) is 12.3 Å². The predicted molar refractivity (Wildman–Crippen MR) is 79.8 cm³/mol. The van der Waals surface area contributed by atoms with E-state index >= 15 is 0 Å². The van der Waals surface area contributed by atoms with E-state index in [1.807, 2.05) is 39.8 Å².